The molecule has 1 N–H and O–H groups in total. The first-order valence-corrected chi connectivity index (χ1v) is 9.96. The van der Waals surface area contributed by atoms with Gasteiger partial charge in [0.2, 0.25) is 0 Å². The molecule has 5 heteroatoms. The van der Waals surface area contributed by atoms with E-state index < -0.39 is 0 Å². The predicted molar refractivity (Wildman–Crippen MR) is 108 cm³/mol. The largest absolute Gasteiger partial charge is 0.349 e. The van der Waals surface area contributed by atoms with Gasteiger partial charge in [-0.2, -0.15) is 0 Å². The molecule has 0 aliphatic carbocycles. The molecule has 1 aliphatic heterocycles. The van der Waals surface area contributed by atoms with Gasteiger partial charge in [-0.15, -0.1) is 0 Å². The van der Waals surface area contributed by atoms with Gasteiger partial charge in [0.25, 0.3) is 5.91 Å². The van der Waals surface area contributed by atoms with Crippen molar-refractivity contribution in [3.63, 3.8) is 0 Å². The quantitative estimate of drug-likeness (QED) is 0.758. The lowest BCUT2D eigenvalue weighted by Crippen LogP contribution is -2.40. The van der Waals surface area contributed by atoms with E-state index in [9.17, 15) is 4.79 Å². The van der Waals surface area contributed by atoms with Crippen molar-refractivity contribution in [2.24, 2.45) is 5.92 Å². The van der Waals surface area contributed by atoms with E-state index >= 15 is 0 Å². The lowest BCUT2D eigenvalue weighted by Gasteiger charge is -2.32. The third-order valence-electron chi connectivity index (χ3n) is 5.85. The molecule has 1 atom stereocenters. The van der Waals surface area contributed by atoms with Gasteiger partial charge in [0, 0.05) is 37.4 Å². The summed E-state index contributed by atoms with van der Waals surface area (Å²) in [6.07, 6.45) is 3.10. The van der Waals surface area contributed by atoms with Crippen LogP contribution < -0.4 is 0 Å². The number of aromatic nitrogens is 3. The van der Waals surface area contributed by atoms with Crippen molar-refractivity contribution >= 4 is 16.9 Å². The summed E-state index contributed by atoms with van der Waals surface area (Å²) in [5.41, 5.74) is 5.21. The van der Waals surface area contributed by atoms with Crippen LogP contribution in [-0.2, 0) is 13.0 Å². The summed E-state index contributed by atoms with van der Waals surface area (Å²) in [4.78, 5) is 23.3. The monoisotopic (exact) mass is 364 g/mol. The van der Waals surface area contributed by atoms with Crippen molar-refractivity contribution in [1.29, 1.82) is 0 Å². The molecular weight excluding hydrogens is 336 g/mol. The lowest BCUT2D eigenvalue weighted by atomic mass is 9.94. The number of benzene rings is 1. The molecule has 1 fully saturated rings. The predicted octanol–water partition coefficient (Wildman–Crippen LogP) is 4.10. The molecule has 3 aromatic rings. The molecule has 4 rings (SSSR count). The molecule has 27 heavy (non-hydrogen) atoms. The summed E-state index contributed by atoms with van der Waals surface area (Å²) in [7, 11) is 0. The molecule has 0 radical (unpaired) electrons. The van der Waals surface area contributed by atoms with Gasteiger partial charge in [0.1, 0.15) is 5.82 Å². The molecule has 1 saturated heterocycles. The van der Waals surface area contributed by atoms with Gasteiger partial charge < -0.3 is 14.5 Å². The zero-order valence-corrected chi connectivity index (χ0v) is 16.5. The second-order valence-corrected chi connectivity index (χ2v) is 7.69. The fourth-order valence-corrected chi connectivity index (χ4v) is 4.47. The summed E-state index contributed by atoms with van der Waals surface area (Å²) < 4.78 is 2.21. The Hall–Kier alpha value is -2.56. The van der Waals surface area contributed by atoms with E-state index in [4.69, 9.17) is 4.98 Å². The molecule has 0 unspecified atom stereocenters. The van der Waals surface area contributed by atoms with Crippen LogP contribution in [-0.4, -0.2) is 38.4 Å². The number of imidazole rings is 1. The number of fused-ring (bicyclic) bond motifs is 1. The zero-order valence-electron chi connectivity index (χ0n) is 16.5. The normalized spacial score (nSPS) is 17.6. The molecule has 1 amide bonds. The second kappa shape index (κ2) is 7.22. The van der Waals surface area contributed by atoms with Gasteiger partial charge in [-0.1, -0.05) is 12.1 Å². The van der Waals surface area contributed by atoms with Crippen LogP contribution in [0.25, 0.3) is 11.0 Å². The van der Waals surface area contributed by atoms with Crippen molar-refractivity contribution in [3.05, 3.63) is 53.1 Å². The third-order valence-corrected chi connectivity index (χ3v) is 5.85. The Morgan fingerprint density at radius 2 is 2.11 bits per heavy atom. The van der Waals surface area contributed by atoms with Crippen LogP contribution in [0.15, 0.2) is 30.3 Å². The Kier molecular flexibility index (Phi) is 4.77. The molecule has 3 heterocycles. The Balaban J connectivity index is 1.48. The molecule has 2 aromatic heterocycles. The molecule has 5 nitrogen and oxygen atoms in total. The maximum Gasteiger partial charge on any atom is 0.255 e. The Morgan fingerprint density at radius 1 is 1.30 bits per heavy atom. The smallest absolute Gasteiger partial charge is 0.255 e. The first-order valence-electron chi connectivity index (χ1n) is 9.96. The van der Waals surface area contributed by atoms with E-state index in [1.807, 2.05) is 29.2 Å². The summed E-state index contributed by atoms with van der Waals surface area (Å²) in [5.74, 6) is 1.66. The van der Waals surface area contributed by atoms with Crippen molar-refractivity contribution in [1.82, 2.24) is 19.4 Å². The summed E-state index contributed by atoms with van der Waals surface area (Å²) in [5, 5.41) is 0. The minimum atomic E-state index is 0.178. The maximum absolute atomic E-state index is 13.1. The molecule has 0 saturated carbocycles. The van der Waals surface area contributed by atoms with Gasteiger partial charge in [-0.3, -0.25) is 4.79 Å². The lowest BCUT2D eigenvalue weighted by molar-refractivity contribution is 0.0671. The number of aryl methyl sites for hydroxylation is 1. The number of nitrogens with zero attached hydrogens (tertiary/aromatic N) is 3. The van der Waals surface area contributed by atoms with E-state index in [-0.39, 0.29) is 5.91 Å². The fourth-order valence-electron chi connectivity index (χ4n) is 4.47. The molecule has 1 aromatic carbocycles. The molecular formula is C22H28N4O. The first-order chi connectivity index (χ1) is 13.1. The Labute approximate surface area is 160 Å². The number of likely N-dealkylation sites (tertiary alicyclic amines) is 1. The van der Waals surface area contributed by atoms with E-state index in [0.717, 1.165) is 72.7 Å². The third kappa shape index (κ3) is 3.38. The Bertz CT molecular complexity index is 935. The zero-order chi connectivity index (χ0) is 19.0. The SMILES string of the molecule is CCn1c(C)cc(C(=O)N2CCC[C@H](Cc3nc4ccccc4[nH]3)C2)c1C. The number of para-hydroxylation sites is 2. The topological polar surface area (TPSA) is 53.9 Å². The van der Waals surface area contributed by atoms with Crippen LogP contribution in [0.2, 0.25) is 0 Å². The van der Waals surface area contributed by atoms with Crippen LogP contribution >= 0.6 is 0 Å². The summed E-state index contributed by atoms with van der Waals surface area (Å²) in [6.45, 7) is 8.82. The number of carbonyl (C=O) groups excluding carboxylic acids is 1. The van der Waals surface area contributed by atoms with Gasteiger partial charge in [0.05, 0.1) is 16.6 Å². The summed E-state index contributed by atoms with van der Waals surface area (Å²) >= 11 is 0. The van der Waals surface area contributed by atoms with E-state index in [1.165, 1.54) is 0 Å². The number of carbonyl (C=O) groups is 1. The standard InChI is InChI=1S/C22H28N4O/c1-4-26-15(2)12-18(16(26)3)22(27)25-11-7-8-17(14-25)13-21-23-19-9-5-6-10-20(19)24-21/h5-6,9-10,12,17H,4,7-8,11,13-14H2,1-3H3,(H,23,24)/t17-/m1/s1. The van der Waals surface area contributed by atoms with E-state index in [0.29, 0.717) is 5.92 Å². The number of H-pyrrole nitrogens is 1. The van der Waals surface area contributed by atoms with Gasteiger partial charge >= 0.3 is 0 Å². The van der Waals surface area contributed by atoms with Crippen LogP contribution in [0.1, 0.15) is 47.3 Å². The number of hydrogen-bond acceptors (Lipinski definition) is 2. The maximum atomic E-state index is 13.1. The second-order valence-electron chi connectivity index (χ2n) is 7.69. The average Bonchev–Trinajstić information content (AvgIpc) is 3.20. The number of nitrogens with one attached hydrogen (secondary N) is 1. The highest BCUT2D eigenvalue weighted by Gasteiger charge is 2.27. The van der Waals surface area contributed by atoms with Crippen LogP contribution in [0.3, 0.4) is 0 Å². The number of rotatable bonds is 4. The Morgan fingerprint density at radius 3 is 2.85 bits per heavy atom. The van der Waals surface area contributed by atoms with Crippen molar-refractivity contribution in [2.75, 3.05) is 13.1 Å². The van der Waals surface area contributed by atoms with Crippen molar-refractivity contribution < 1.29 is 4.79 Å². The average molecular weight is 364 g/mol. The number of aromatic amines is 1. The van der Waals surface area contributed by atoms with Crippen molar-refractivity contribution in [2.45, 2.75) is 46.6 Å². The van der Waals surface area contributed by atoms with Crippen LogP contribution in [0.5, 0.6) is 0 Å². The first kappa shape index (κ1) is 17.8. The number of amides is 1. The van der Waals surface area contributed by atoms with Gasteiger partial charge in [0.15, 0.2) is 0 Å². The number of piperidine rings is 1. The molecule has 142 valence electrons. The molecule has 0 spiro atoms. The fraction of sp³-hybridized carbons (Fsp3) is 0.455. The highest BCUT2D eigenvalue weighted by Crippen LogP contribution is 2.24. The van der Waals surface area contributed by atoms with Crippen LogP contribution in [0, 0.1) is 19.8 Å². The van der Waals surface area contributed by atoms with Crippen LogP contribution in [0.4, 0.5) is 0 Å². The molecule has 1 aliphatic rings. The van der Waals surface area contributed by atoms with Crippen molar-refractivity contribution in [3.8, 4) is 0 Å². The minimum absolute atomic E-state index is 0.178. The van der Waals surface area contributed by atoms with E-state index in [1.54, 1.807) is 0 Å². The van der Waals surface area contributed by atoms with Gasteiger partial charge in [-0.05, 0) is 57.7 Å². The molecule has 0 bridgehead atoms. The van der Waals surface area contributed by atoms with Gasteiger partial charge in [-0.25, -0.2) is 4.98 Å². The highest BCUT2D eigenvalue weighted by molar-refractivity contribution is 5.95. The minimum Gasteiger partial charge on any atom is -0.349 e. The highest BCUT2D eigenvalue weighted by atomic mass is 16.2. The van der Waals surface area contributed by atoms with E-state index in [2.05, 4.69) is 36.4 Å². The summed E-state index contributed by atoms with van der Waals surface area (Å²) in [6, 6.07) is 10.2. The number of hydrogen-bond donors (Lipinski definition) is 1.